The summed E-state index contributed by atoms with van der Waals surface area (Å²) in [6, 6.07) is 7.72. The molecule has 3 aromatic rings. The van der Waals surface area contributed by atoms with Gasteiger partial charge in [0, 0.05) is 41.3 Å². The molecule has 7 heteroatoms. The summed E-state index contributed by atoms with van der Waals surface area (Å²) in [6.45, 7) is 6.66. The highest BCUT2D eigenvalue weighted by molar-refractivity contribution is 7.09. The number of carbonyl (C=O) groups excluding carboxylic acids is 1. The molecule has 0 saturated heterocycles. The van der Waals surface area contributed by atoms with Gasteiger partial charge in [-0.1, -0.05) is 25.4 Å². The van der Waals surface area contributed by atoms with Gasteiger partial charge >= 0.3 is 0 Å². The molecule has 0 unspecified atom stereocenters. The van der Waals surface area contributed by atoms with E-state index in [0.717, 1.165) is 40.2 Å². The second kappa shape index (κ2) is 10.5. The number of hydrogen-bond acceptors (Lipinski definition) is 5. The molecule has 3 rings (SSSR count). The molecule has 0 aliphatic carbocycles. The maximum atomic E-state index is 12.2. The summed E-state index contributed by atoms with van der Waals surface area (Å²) in [5.41, 5.74) is 3.98. The fourth-order valence-electron chi connectivity index (χ4n) is 2.99. The Hall–Kier alpha value is -2.44. The zero-order valence-corrected chi connectivity index (χ0v) is 19.0. The molecule has 30 heavy (non-hydrogen) atoms. The summed E-state index contributed by atoms with van der Waals surface area (Å²) in [5, 5.41) is 6.74. The summed E-state index contributed by atoms with van der Waals surface area (Å²) in [7, 11) is 0. The molecule has 1 amide bonds. The number of thiazole rings is 1. The van der Waals surface area contributed by atoms with Gasteiger partial charge in [-0.3, -0.25) is 9.78 Å². The highest BCUT2D eigenvalue weighted by Crippen LogP contribution is 2.32. The van der Waals surface area contributed by atoms with Crippen LogP contribution in [0.1, 0.15) is 42.3 Å². The first-order valence-electron chi connectivity index (χ1n) is 9.98. The van der Waals surface area contributed by atoms with Crippen LogP contribution in [0.15, 0.2) is 42.0 Å². The van der Waals surface area contributed by atoms with Crippen molar-refractivity contribution >= 4 is 28.8 Å². The predicted molar refractivity (Wildman–Crippen MR) is 122 cm³/mol. The van der Waals surface area contributed by atoms with Crippen LogP contribution < -0.4 is 10.1 Å². The quantitative estimate of drug-likeness (QED) is 0.448. The minimum Gasteiger partial charge on any atom is -0.483 e. The lowest BCUT2D eigenvalue weighted by Gasteiger charge is -2.16. The van der Waals surface area contributed by atoms with Crippen LogP contribution in [0.5, 0.6) is 5.75 Å². The second-order valence-electron chi connectivity index (χ2n) is 7.40. The third-order valence-electron chi connectivity index (χ3n) is 4.69. The average Bonchev–Trinajstić information content (AvgIpc) is 3.21. The zero-order chi connectivity index (χ0) is 21.5. The molecule has 5 nitrogen and oxygen atoms in total. The van der Waals surface area contributed by atoms with Crippen molar-refractivity contribution < 1.29 is 9.53 Å². The molecule has 0 atom stereocenters. The van der Waals surface area contributed by atoms with E-state index in [9.17, 15) is 4.79 Å². The number of rotatable bonds is 9. The van der Waals surface area contributed by atoms with Gasteiger partial charge in [-0.05, 0) is 54.7 Å². The highest BCUT2D eigenvalue weighted by Gasteiger charge is 2.13. The standard InChI is InChI=1S/C23H26ClN3O2S/c1-15(2)18-12-19(24)16(3)11-21(18)29-13-22(28)26-8-4-5-23-27-20(14-30-23)17-6-9-25-10-7-17/h6-7,9-12,14-15H,4-5,8,13H2,1-3H3,(H,26,28). The fraction of sp³-hybridized carbons (Fsp3) is 0.348. The lowest BCUT2D eigenvalue weighted by molar-refractivity contribution is -0.123. The van der Waals surface area contributed by atoms with E-state index in [1.807, 2.05) is 31.2 Å². The molecule has 0 saturated carbocycles. The van der Waals surface area contributed by atoms with Crippen molar-refractivity contribution in [2.45, 2.75) is 39.5 Å². The van der Waals surface area contributed by atoms with E-state index in [4.69, 9.17) is 16.3 Å². The van der Waals surface area contributed by atoms with E-state index in [1.165, 1.54) is 0 Å². The number of nitrogens with one attached hydrogen (secondary N) is 1. The average molecular weight is 444 g/mol. The van der Waals surface area contributed by atoms with Crippen LogP contribution in [-0.2, 0) is 11.2 Å². The SMILES string of the molecule is Cc1cc(OCC(=O)NCCCc2nc(-c3ccncc3)cs2)c(C(C)C)cc1Cl. The van der Waals surface area contributed by atoms with Gasteiger partial charge in [-0.15, -0.1) is 11.3 Å². The third-order valence-corrected chi connectivity index (χ3v) is 6.01. The number of aromatic nitrogens is 2. The first-order chi connectivity index (χ1) is 14.4. The highest BCUT2D eigenvalue weighted by atomic mass is 35.5. The molecule has 1 N–H and O–H groups in total. The number of aryl methyl sites for hydroxylation is 2. The van der Waals surface area contributed by atoms with Gasteiger partial charge in [0.05, 0.1) is 10.7 Å². The van der Waals surface area contributed by atoms with Crippen LogP contribution in [0, 0.1) is 6.92 Å². The van der Waals surface area contributed by atoms with E-state index >= 15 is 0 Å². The van der Waals surface area contributed by atoms with Crippen LogP contribution in [-0.4, -0.2) is 29.0 Å². The Labute approximate surface area is 186 Å². The molecule has 0 aliphatic rings. The molecule has 0 radical (unpaired) electrons. The van der Waals surface area contributed by atoms with Crippen molar-refractivity contribution in [3.63, 3.8) is 0 Å². The lowest BCUT2D eigenvalue weighted by Crippen LogP contribution is -2.30. The number of halogens is 1. The zero-order valence-electron chi connectivity index (χ0n) is 17.4. The number of benzene rings is 1. The number of hydrogen-bond donors (Lipinski definition) is 1. The maximum absolute atomic E-state index is 12.2. The molecule has 0 spiro atoms. The number of nitrogens with zero attached hydrogens (tertiary/aromatic N) is 2. The third kappa shape index (κ3) is 6.03. The Bertz CT molecular complexity index is 989. The number of amides is 1. The number of ether oxygens (including phenoxy) is 1. The molecule has 158 valence electrons. The molecular formula is C23H26ClN3O2S. The van der Waals surface area contributed by atoms with Crippen molar-refractivity contribution in [2.24, 2.45) is 0 Å². The second-order valence-corrected chi connectivity index (χ2v) is 8.75. The summed E-state index contributed by atoms with van der Waals surface area (Å²) >= 11 is 7.86. The van der Waals surface area contributed by atoms with E-state index < -0.39 is 0 Å². The normalized spacial score (nSPS) is 11.0. The van der Waals surface area contributed by atoms with Crippen LogP contribution in [0.25, 0.3) is 11.3 Å². The van der Waals surface area contributed by atoms with Crippen molar-refractivity contribution in [1.82, 2.24) is 15.3 Å². The van der Waals surface area contributed by atoms with Gasteiger partial charge in [0.25, 0.3) is 5.91 Å². The fourth-order valence-corrected chi connectivity index (χ4v) is 4.01. The topological polar surface area (TPSA) is 64.1 Å². The smallest absolute Gasteiger partial charge is 0.257 e. The van der Waals surface area contributed by atoms with Gasteiger partial charge in [0.15, 0.2) is 6.61 Å². The van der Waals surface area contributed by atoms with E-state index in [-0.39, 0.29) is 18.4 Å². The molecule has 0 fully saturated rings. The summed E-state index contributed by atoms with van der Waals surface area (Å²) in [4.78, 5) is 20.9. The minimum atomic E-state index is -0.131. The van der Waals surface area contributed by atoms with Crippen molar-refractivity contribution in [1.29, 1.82) is 0 Å². The monoisotopic (exact) mass is 443 g/mol. The van der Waals surface area contributed by atoms with Gasteiger partial charge in [0.2, 0.25) is 0 Å². The van der Waals surface area contributed by atoms with Crippen LogP contribution in [0.4, 0.5) is 0 Å². The molecular weight excluding hydrogens is 418 g/mol. The Morgan fingerprint density at radius 2 is 2.03 bits per heavy atom. The van der Waals surface area contributed by atoms with E-state index in [0.29, 0.717) is 17.3 Å². The molecule has 1 aromatic carbocycles. The van der Waals surface area contributed by atoms with Gasteiger partial charge in [0.1, 0.15) is 5.75 Å². The van der Waals surface area contributed by atoms with Crippen molar-refractivity contribution in [3.8, 4) is 17.0 Å². The van der Waals surface area contributed by atoms with Gasteiger partial charge in [-0.25, -0.2) is 4.98 Å². The van der Waals surface area contributed by atoms with Gasteiger partial charge in [-0.2, -0.15) is 0 Å². The summed E-state index contributed by atoms with van der Waals surface area (Å²) in [5.74, 6) is 0.846. The lowest BCUT2D eigenvalue weighted by atomic mass is 10.0. The summed E-state index contributed by atoms with van der Waals surface area (Å²) in [6.07, 6.45) is 5.18. The Morgan fingerprint density at radius 3 is 2.77 bits per heavy atom. The first kappa shape index (κ1) is 22.2. The molecule has 2 aromatic heterocycles. The van der Waals surface area contributed by atoms with Gasteiger partial charge < -0.3 is 10.1 Å². The van der Waals surface area contributed by atoms with Crippen LogP contribution in [0.2, 0.25) is 5.02 Å². The first-order valence-corrected chi connectivity index (χ1v) is 11.2. The summed E-state index contributed by atoms with van der Waals surface area (Å²) < 4.78 is 5.78. The predicted octanol–water partition coefficient (Wildman–Crippen LogP) is 5.42. The molecule has 2 heterocycles. The number of pyridine rings is 1. The minimum absolute atomic E-state index is 0.00969. The van der Waals surface area contributed by atoms with Crippen molar-refractivity contribution in [3.05, 3.63) is 63.2 Å². The number of carbonyl (C=O) groups is 1. The Balaban J connectivity index is 1.43. The van der Waals surface area contributed by atoms with E-state index in [1.54, 1.807) is 23.7 Å². The Morgan fingerprint density at radius 1 is 1.27 bits per heavy atom. The Kier molecular flexibility index (Phi) is 7.82. The maximum Gasteiger partial charge on any atom is 0.257 e. The largest absolute Gasteiger partial charge is 0.483 e. The molecule has 0 aliphatic heterocycles. The van der Waals surface area contributed by atoms with Crippen LogP contribution in [0.3, 0.4) is 0 Å². The molecule has 0 bridgehead atoms. The van der Waals surface area contributed by atoms with E-state index in [2.05, 4.69) is 34.5 Å². The van der Waals surface area contributed by atoms with Crippen LogP contribution >= 0.6 is 22.9 Å². The van der Waals surface area contributed by atoms with Crippen molar-refractivity contribution in [2.75, 3.05) is 13.2 Å².